The molecule has 0 bridgehead atoms. The summed E-state index contributed by atoms with van der Waals surface area (Å²) in [4.78, 5) is 23.2. The predicted octanol–water partition coefficient (Wildman–Crippen LogP) is 3.67. The molecule has 0 aromatic rings. The number of amides is 1. The molecule has 5 unspecified atom stereocenters. The van der Waals surface area contributed by atoms with E-state index in [1.807, 2.05) is 0 Å². The third-order valence-corrected chi connectivity index (χ3v) is 7.36. The summed E-state index contributed by atoms with van der Waals surface area (Å²) in [6.07, 6.45) is 11.4. The Morgan fingerprint density at radius 1 is 1.16 bits per heavy atom. The number of carbonyl (C=O) groups excluding carboxylic acids is 2. The molecular weight excluding hydrogens is 314 g/mol. The minimum Gasteiger partial charge on any atom is -0.462 e. The number of allylic oxidation sites excluding steroid dienone is 2. The highest BCUT2D eigenvalue weighted by Crippen LogP contribution is 2.59. The normalized spacial score (nSPS) is 42.8. The molecule has 136 valence electrons. The van der Waals surface area contributed by atoms with E-state index in [-0.39, 0.29) is 28.9 Å². The lowest BCUT2D eigenvalue weighted by Gasteiger charge is -2.56. The topological polar surface area (TPSA) is 55.4 Å². The number of hydrogen-bond donors (Lipinski definition) is 1. The first-order valence-corrected chi connectivity index (χ1v) is 9.71. The van der Waals surface area contributed by atoms with Gasteiger partial charge >= 0.3 is 5.97 Å². The lowest BCUT2D eigenvalue weighted by Crippen LogP contribution is -2.60. The summed E-state index contributed by atoms with van der Waals surface area (Å²) >= 11 is 0. The Morgan fingerprint density at radius 2 is 1.96 bits per heavy atom. The van der Waals surface area contributed by atoms with Crippen molar-refractivity contribution in [1.82, 2.24) is 5.32 Å². The monoisotopic (exact) mass is 343 g/mol. The van der Waals surface area contributed by atoms with Gasteiger partial charge in [0.05, 0.1) is 0 Å². The van der Waals surface area contributed by atoms with E-state index in [0.717, 1.165) is 38.5 Å². The zero-order valence-electron chi connectivity index (χ0n) is 15.6. The van der Waals surface area contributed by atoms with Crippen LogP contribution in [0.5, 0.6) is 0 Å². The highest BCUT2D eigenvalue weighted by atomic mass is 16.5. The van der Waals surface area contributed by atoms with Crippen molar-refractivity contribution in [1.29, 1.82) is 0 Å². The Bertz CT molecular complexity index is 679. The van der Waals surface area contributed by atoms with E-state index in [1.165, 1.54) is 12.5 Å². The fraction of sp³-hybridized carbons (Fsp3) is 0.714. The van der Waals surface area contributed by atoms with Gasteiger partial charge in [0, 0.05) is 31.2 Å². The minimum absolute atomic E-state index is 0.0367. The van der Waals surface area contributed by atoms with Crippen LogP contribution in [-0.2, 0) is 14.3 Å². The largest absolute Gasteiger partial charge is 0.462 e. The number of nitrogens with one attached hydrogen (secondary N) is 1. The van der Waals surface area contributed by atoms with Crippen LogP contribution in [0, 0.1) is 17.3 Å². The molecule has 1 N–H and O–H groups in total. The van der Waals surface area contributed by atoms with Gasteiger partial charge in [0.25, 0.3) is 0 Å². The molecule has 4 heteroatoms. The molecule has 1 saturated heterocycles. The summed E-state index contributed by atoms with van der Waals surface area (Å²) in [5, 5.41) is 3.28. The highest BCUT2D eigenvalue weighted by molar-refractivity contribution is 5.78. The molecule has 0 aromatic heterocycles. The lowest BCUT2D eigenvalue weighted by atomic mass is 9.51. The molecule has 4 aliphatic rings. The summed E-state index contributed by atoms with van der Waals surface area (Å²) in [5.41, 5.74) is 3.10. The summed E-state index contributed by atoms with van der Waals surface area (Å²) in [5.74, 6) is 1.06. The fourth-order valence-electron chi connectivity index (χ4n) is 6.00. The average Bonchev–Trinajstić information content (AvgIpc) is 2.53. The second-order valence-corrected chi connectivity index (χ2v) is 8.90. The van der Waals surface area contributed by atoms with Gasteiger partial charge in [-0.25, -0.2) is 0 Å². The Balaban J connectivity index is 1.63. The Kier molecular flexibility index (Phi) is 3.86. The van der Waals surface area contributed by atoms with Gasteiger partial charge in [-0.3, -0.25) is 9.59 Å². The third kappa shape index (κ3) is 2.65. The molecular formula is C21H29NO3. The standard InChI is InChI=1S/C21H29NO3/c1-13(23)25-15-8-10-20(2)14(12-15)4-5-16-17(20)9-11-21(3)18(16)6-7-19(24)22-21/h4-5,15,17-18H,6-12H2,1-3H3,(H,22,24). The average molecular weight is 343 g/mol. The Morgan fingerprint density at radius 3 is 2.72 bits per heavy atom. The van der Waals surface area contributed by atoms with Gasteiger partial charge in [-0.2, -0.15) is 0 Å². The number of hydrogen-bond acceptors (Lipinski definition) is 3. The number of piperidine rings is 1. The van der Waals surface area contributed by atoms with E-state index in [1.54, 1.807) is 5.57 Å². The molecule has 1 aliphatic heterocycles. The SMILES string of the molecule is CC(=O)OC1CCC2(C)C(=CC=C3C4CCC(=O)NC4(C)CCC32)C1. The van der Waals surface area contributed by atoms with Crippen LogP contribution >= 0.6 is 0 Å². The van der Waals surface area contributed by atoms with Crippen LogP contribution < -0.4 is 5.32 Å². The summed E-state index contributed by atoms with van der Waals surface area (Å²) < 4.78 is 5.49. The van der Waals surface area contributed by atoms with Gasteiger partial charge in [0.1, 0.15) is 6.10 Å². The molecule has 0 radical (unpaired) electrons. The first kappa shape index (κ1) is 16.9. The van der Waals surface area contributed by atoms with Gasteiger partial charge in [-0.05, 0) is 50.4 Å². The van der Waals surface area contributed by atoms with Crippen molar-refractivity contribution in [3.8, 4) is 0 Å². The number of fused-ring (bicyclic) bond motifs is 5. The molecule has 0 spiro atoms. The van der Waals surface area contributed by atoms with Crippen LogP contribution in [0.3, 0.4) is 0 Å². The molecule has 5 atom stereocenters. The van der Waals surface area contributed by atoms with Crippen LogP contribution in [0.1, 0.15) is 65.7 Å². The molecule has 4 rings (SSSR count). The van der Waals surface area contributed by atoms with E-state index >= 15 is 0 Å². The van der Waals surface area contributed by atoms with Crippen molar-refractivity contribution in [2.45, 2.75) is 77.4 Å². The molecule has 25 heavy (non-hydrogen) atoms. The maximum Gasteiger partial charge on any atom is 0.302 e. The van der Waals surface area contributed by atoms with Crippen molar-refractivity contribution in [2.75, 3.05) is 0 Å². The first-order chi connectivity index (χ1) is 11.8. The quantitative estimate of drug-likeness (QED) is 0.739. The van der Waals surface area contributed by atoms with Crippen molar-refractivity contribution >= 4 is 11.9 Å². The van der Waals surface area contributed by atoms with E-state index in [2.05, 4.69) is 31.3 Å². The van der Waals surface area contributed by atoms with Crippen LogP contribution in [0.25, 0.3) is 0 Å². The second-order valence-electron chi connectivity index (χ2n) is 8.90. The summed E-state index contributed by atoms with van der Waals surface area (Å²) in [7, 11) is 0. The maximum atomic E-state index is 11.9. The number of carbonyl (C=O) groups is 2. The summed E-state index contributed by atoms with van der Waals surface area (Å²) in [6.45, 7) is 6.13. The van der Waals surface area contributed by atoms with Crippen LogP contribution in [0.4, 0.5) is 0 Å². The Labute approximate surface area is 150 Å². The van der Waals surface area contributed by atoms with Crippen LogP contribution in [-0.4, -0.2) is 23.5 Å². The Hall–Kier alpha value is -1.58. The van der Waals surface area contributed by atoms with Gasteiger partial charge in [0.15, 0.2) is 0 Å². The molecule has 0 aromatic carbocycles. The molecule has 2 saturated carbocycles. The first-order valence-electron chi connectivity index (χ1n) is 9.71. The smallest absolute Gasteiger partial charge is 0.302 e. The zero-order chi connectivity index (χ0) is 17.8. The fourth-order valence-corrected chi connectivity index (χ4v) is 6.00. The van der Waals surface area contributed by atoms with Gasteiger partial charge in [-0.1, -0.05) is 30.2 Å². The number of rotatable bonds is 1. The molecule has 3 aliphatic carbocycles. The van der Waals surface area contributed by atoms with E-state index in [4.69, 9.17) is 4.74 Å². The second kappa shape index (κ2) is 5.72. The van der Waals surface area contributed by atoms with Crippen LogP contribution in [0.2, 0.25) is 0 Å². The molecule has 4 nitrogen and oxygen atoms in total. The molecule has 3 fully saturated rings. The van der Waals surface area contributed by atoms with Crippen molar-refractivity contribution in [2.24, 2.45) is 17.3 Å². The lowest BCUT2D eigenvalue weighted by molar-refractivity contribution is -0.148. The van der Waals surface area contributed by atoms with E-state index < -0.39 is 0 Å². The van der Waals surface area contributed by atoms with Gasteiger partial charge < -0.3 is 10.1 Å². The van der Waals surface area contributed by atoms with E-state index in [0.29, 0.717) is 18.3 Å². The van der Waals surface area contributed by atoms with Crippen molar-refractivity contribution in [3.63, 3.8) is 0 Å². The number of ether oxygens (including phenoxy) is 1. The third-order valence-electron chi connectivity index (χ3n) is 7.36. The van der Waals surface area contributed by atoms with Crippen LogP contribution in [0.15, 0.2) is 23.3 Å². The van der Waals surface area contributed by atoms with Crippen molar-refractivity contribution < 1.29 is 14.3 Å². The zero-order valence-corrected chi connectivity index (χ0v) is 15.6. The molecule has 1 heterocycles. The van der Waals surface area contributed by atoms with Gasteiger partial charge in [-0.15, -0.1) is 0 Å². The summed E-state index contributed by atoms with van der Waals surface area (Å²) in [6, 6.07) is 0. The van der Waals surface area contributed by atoms with Gasteiger partial charge in [0.2, 0.25) is 5.91 Å². The maximum absolute atomic E-state index is 11.9. The van der Waals surface area contributed by atoms with Crippen molar-refractivity contribution in [3.05, 3.63) is 23.3 Å². The number of esters is 1. The predicted molar refractivity (Wildman–Crippen MR) is 95.7 cm³/mol. The van der Waals surface area contributed by atoms with E-state index in [9.17, 15) is 9.59 Å². The minimum atomic E-state index is -0.173. The highest BCUT2D eigenvalue weighted by Gasteiger charge is 2.53. The molecule has 1 amide bonds.